The molecule has 1 fully saturated rings. The number of nitrogens with zero attached hydrogens (tertiary/aromatic N) is 1. The van der Waals surface area contributed by atoms with Crippen molar-refractivity contribution in [3.8, 4) is 0 Å². The summed E-state index contributed by atoms with van der Waals surface area (Å²) in [6.45, 7) is 5.40. The fourth-order valence-electron chi connectivity index (χ4n) is 4.58. The number of rotatable bonds is 4. The van der Waals surface area contributed by atoms with Crippen molar-refractivity contribution >= 4 is 40.7 Å². The first-order valence-corrected chi connectivity index (χ1v) is 10.6. The van der Waals surface area contributed by atoms with E-state index >= 15 is 0 Å². The van der Waals surface area contributed by atoms with Gasteiger partial charge >= 0.3 is 0 Å². The fraction of sp³-hybridized carbons (Fsp3) is 0.280. The van der Waals surface area contributed by atoms with Gasteiger partial charge in [0.15, 0.2) is 0 Å². The molecule has 2 aromatic rings. The number of allylic oxidation sites excluding steroid dienone is 2. The SMILES string of the molecule is CC(=O)Nc1ccc(NC(=O)c2ccc(N3C(=O)[C@H]4[C@H](CC(C)=C[C@@H]4C)C3=O)cc2)cc1. The van der Waals surface area contributed by atoms with Crippen LogP contribution in [-0.2, 0) is 14.4 Å². The minimum absolute atomic E-state index is 0.0253. The van der Waals surface area contributed by atoms with Crippen molar-refractivity contribution in [1.29, 1.82) is 0 Å². The van der Waals surface area contributed by atoms with Crippen molar-refractivity contribution in [3.05, 3.63) is 65.7 Å². The third-order valence-electron chi connectivity index (χ3n) is 5.98. The van der Waals surface area contributed by atoms with Crippen LogP contribution in [0.1, 0.15) is 37.6 Å². The maximum Gasteiger partial charge on any atom is 0.255 e. The molecule has 1 aliphatic heterocycles. The van der Waals surface area contributed by atoms with Crippen LogP contribution >= 0.6 is 0 Å². The number of benzene rings is 2. The molecule has 2 N–H and O–H groups in total. The molecule has 1 saturated heterocycles. The molecule has 0 spiro atoms. The molecule has 1 heterocycles. The van der Waals surface area contributed by atoms with Gasteiger partial charge in [-0.15, -0.1) is 0 Å². The average Bonchev–Trinajstić information content (AvgIpc) is 2.99. The maximum absolute atomic E-state index is 13.0. The molecular formula is C25H25N3O4. The van der Waals surface area contributed by atoms with E-state index in [1.165, 1.54) is 11.8 Å². The maximum atomic E-state index is 13.0. The molecule has 0 bridgehead atoms. The third-order valence-corrected chi connectivity index (χ3v) is 5.98. The molecule has 0 saturated carbocycles. The molecule has 7 nitrogen and oxygen atoms in total. The van der Waals surface area contributed by atoms with Gasteiger partial charge in [-0.25, -0.2) is 0 Å². The highest BCUT2D eigenvalue weighted by atomic mass is 16.2. The van der Waals surface area contributed by atoms with E-state index < -0.39 is 0 Å². The van der Waals surface area contributed by atoms with Crippen LogP contribution in [0.2, 0.25) is 0 Å². The summed E-state index contributed by atoms with van der Waals surface area (Å²) in [6.07, 6.45) is 2.68. The molecule has 1 aliphatic carbocycles. The van der Waals surface area contributed by atoms with Crippen molar-refractivity contribution in [2.75, 3.05) is 15.5 Å². The Morgan fingerprint density at radius 1 is 0.906 bits per heavy atom. The molecule has 7 heteroatoms. The van der Waals surface area contributed by atoms with Gasteiger partial charge in [0.1, 0.15) is 0 Å². The number of nitrogens with one attached hydrogen (secondary N) is 2. The Labute approximate surface area is 186 Å². The van der Waals surface area contributed by atoms with Crippen molar-refractivity contribution in [3.63, 3.8) is 0 Å². The van der Waals surface area contributed by atoms with Gasteiger partial charge in [-0.2, -0.15) is 0 Å². The molecule has 4 rings (SSSR count). The largest absolute Gasteiger partial charge is 0.326 e. The number of carbonyl (C=O) groups excluding carboxylic acids is 4. The number of hydrogen-bond acceptors (Lipinski definition) is 4. The van der Waals surface area contributed by atoms with Crippen molar-refractivity contribution < 1.29 is 19.2 Å². The van der Waals surface area contributed by atoms with E-state index in [0.29, 0.717) is 29.0 Å². The molecule has 4 amide bonds. The Hall–Kier alpha value is -3.74. The second-order valence-electron chi connectivity index (χ2n) is 8.48. The predicted octanol–water partition coefficient (Wildman–Crippen LogP) is 3.99. The topological polar surface area (TPSA) is 95.6 Å². The van der Waals surface area contributed by atoms with Crippen molar-refractivity contribution in [1.82, 2.24) is 0 Å². The Morgan fingerprint density at radius 2 is 1.50 bits per heavy atom. The second kappa shape index (κ2) is 8.42. The van der Waals surface area contributed by atoms with E-state index in [9.17, 15) is 19.2 Å². The monoisotopic (exact) mass is 431 g/mol. The van der Waals surface area contributed by atoms with Gasteiger partial charge in [0.05, 0.1) is 17.5 Å². The lowest BCUT2D eigenvalue weighted by Crippen LogP contribution is -2.31. The fourth-order valence-corrected chi connectivity index (χ4v) is 4.58. The van der Waals surface area contributed by atoms with Crippen LogP contribution < -0.4 is 15.5 Å². The van der Waals surface area contributed by atoms with Gasteiger partial charge in [0, 0.05) is 23.9 Å². The van der Waals surface area contributed by atoms with Gasteiger partial charge in [-0.05, 0) is 67.8 Å². The second-order valence-corrected chi connectivity index (χ2v) is 8.48. The number of imide groups is 1. The lowest BCUT2D eigenvalue weighted by Gasteiger charge is -2.25. The highest BCUT2D eigenvalue weighted by molar-refractivity contribution is 6.22. The zero-order valence-corrected chi connectivity index (χ0v) is 18.2. The lowest BCUT2D eigenvalue weighted by atomic mass is 9.76. The van der Waals surface area contributed by atoms with Crippen LogP contribution in [0.4, 0.5) is 17.1 Å². The van der Waals surface area contributed by atoms with Crippen LogP contribution in [0, 0.1) is 17.8 Å². The summed E-state index contributed by atoms with van der Waals surface area (Å²) in [6, 6.07) is 13.2. The number of anilines is 3. The van der Waals surface area contributed by atoms with Crippen LogP contribution in [0.15, 0.2) is 60.2 Å². The van der Waals surface area contributed by atoms with Gasteiger partial charge in [0.2, 0.25) is 17.7 Å². The molecule has 2 aromatic carbocycles. The Balaban J connectivity index is 1.46. The molecular weight excluding hydrogens is 406 g/mol. The predicted molar refractivity (Wildman–Crippen MR) is 122 cm³/mol. The first-order valence-electron chi connectivity index (χ1n) is 10.6. The summed E-state index contributed by atoms with van der Waals surface area (Å²) in [5, 5.41) is 5.46. The smallest absolute Gasteiger partial charge is 0.255 e. The quantitative estimate of drug-likeness (QED) is 0.565. The summed E-state index contributed by atoms with van der Waals surface area (Å²) < 4.78 is 0. The minimum Gasteiger partial charge on any atom is -0.326 e. The van der Waals surface area contributed by atoms with Gasteiger partial charge in [-0.3, -0.25) is 24.1 Å². The summed E-state index contributed by atoms with van der Waals surface area (Å²) in [5.74, 6) is -1.44. The molecule has 164 valence electrons. The standard InChI is InChI=1S/C25H25N3O4/c1-14-12-15(2)22-21(13-14)24(31)28(25(22)32)20-10-4-17(5-11-20)23(30)27-19-8-6-18(7-9-19)26-16(3)29/h4-12,15,21-22H,13H2,1-3H3,(H,26,29)(H,27,30)/t15-,21-,22+/m0/s1. The zero-order valence-electron chi connectivity index (χ0n) is 18.2. The van der Waals surface area contributed by atoms with E-state index in [4.69, 9.17) is 0 Å². The molecule has 2 aliphatic rings. The highest BCUT2D eigenvalue weighted by Crippen LogP contribution is 2.42. The number of fused-ring (bicyclic) bond motifs is 1. The summed E-state index contributed by atoms with van der Waals surface area (Å²) >= 11 is 0. The normalized spacial score (nSPS) is 22.3. The number of carbonyl (C=O) groups is 4. The lowest BCUT2D eigenvalue weighted by molar-refractivity contribution is -0.122. The van der Waals surface area contributed by atoms with E-state index in [0.717, 1.165) is 5.57 Å². The van der Waals surface area contributed by atoms with E-state index in [-0.39, 0.29) is 41.4 Å². The van der Waals surface area contributed by atoms with Crippen LogP contribution in [0.25, 0.3) is 0 Å². The van der Waals surface area contributed by atoms with E-state index in [1.807, 2.05) is 13.8 Å². The summed E-state index contributed by atoms with van der Waals surface area (Å²) in [4.78, 5) is 50.9. The van der Waals surface area contributed by atoms with Gasteiger partial charge < -0.3 is 10.6 Å². The van der Waals surface area contributed by atoms with Crippen molar-refractivity contribution in [2.45, 2.75) is 27.2 Å². The third kappa shape index (κ3) is 4.06. The Morgan fingerprint density at radius 3 is 2.09 bits per heavy atom. The molecule has 0 unspecified atom stereocenters. The highest BCUT2D eigenvalue weighted by Gasteiger charge is 2.51. The van der Waals surface area contributed by atoms with Crippen LogP contribution in [-0.4, -0.2) is 23.6 Å². The van der Waals surface area contributed by atoms with Crippen LogP contribution in [0.3, 0.4) is 0 Å². The average molecular weight is 431 g/mol. The molecule has 32 heavy (non-hydrogen) atoms. The number of amides is 4. The summed E-state index contributed by atoms with van der Waals surface area (Å²) in [7, 11) is 0. The van der Waals surface area contributed by atoms with Crippen LogP contribution in [0.5, 0.6) is 0 Å². The zero-order chi connectivity index (χ0) is 23.0. The van der Waals surface area contributed by atoms with Gasteiger partial charge in [-0.1, -0.05) is 18.6 Å². The molecule has 0 aromatic heterocycles. The van der Waals surface area contributed by atoms with E-state index in [1.54, 1.807) is 48.5 Å². The first kappa shape index (κ1) is 21.5. The summed E-state index contributed by atoms with van der Waals surface area (Å²) in [5.41, 5.74) is 3.25. The minimum atomic E-state index is -0.324. The number of hydrogen-bond donors (Lipinski definition) is 2. The molecule has 0 radical (unpaired) electrons. The Kier molecular flexibility index (Phi) is 5.65. The van der Waals surface area contributed by atoms with E-state index in [2.05, 4.69) is 16.7 Å². The molecule has 3 atom stereocenters. The van der Waals surface area contributed by atoms with Crippen molar-refractivity contribution in [2.24, 2.45) is 17.8 Å². The van der Waals surface area contributed by atoms with Gasteiger partial charge in [0.25, 0.3) is 5.91 Å². The Bertz CT molecular complexity index is 1120. The first-order chi connectivity index (χ1) is 15.2.